The highest BCUT2D eigenvalue weighted by molar-refractivity contribution is 5.77. The van der Waals surface area contributed by atoms with Gasteiger partial charge in [-0.05, 0) is 51.3 Å². The molecule has 0 radical (unpaired) electrons. The zero-order valence-corrected chi connectivity index (χ0v) is 16.1. The van der Waals surface area contributed by atoms with Crippen LogP contribution in [0.3, 0.4) is 0 Å². The van der Waals surface area contributed by atoms with Crippen molar-refractivity contribution < 1.29 is 4.79 Å². The molecule has 3 heteroatoms. The average molecular weight is 338 g/mol. The Bertz CT molecular complexity index is 684. The third-order valence-corrected chi connectivity index (χ3v) is 4.46. The van der Waals surface area contributed by atoms with E-state index in [4.69, 9.17) is 0 Å². The molecular weight excluding hydrogens is 308 g/mol. The maximum absolute atomic E-state index is 12.7. The van der Waals surface area contributed by atoms with Gasteiger partial charge in [0, 0.05) is 31.2 Å². The van der Waals surface area contributed by atoms with E-state index < -0.39 is 0 Å². The van der Waals surface area contributed by atoms with Gasteiger partial charge in [-0.3, -0.25) is 4.79 Å². The summed E-state index contributed by atoms with van der Waals surface area (Å²) in [4.78, 5) is 14.6. The molecule has 2 aromatic carbocycles. The van der Waals surface area contributed by atoms with Crippen LogP contribution in [0.1, 0.15) is 42.5 Å². The zero-order chi connectivity index (χ0) is 18.4. The number of benzene rings is 2. The molecule has 0 saturated carbocycles. The van der Waals surface area contributed by atoms with Crippen molar-refractivity contribution in [2.75, 3.05) is 11.9 Å². The van der Waals surface area contributed by atoms with E-state index in [2.05, 4.69) is 64.2 Å². The molecule has 0 bridgehead atoms. The van der Waals surface area contributed by atoms with E-state index in [-0.39, 0.29) is 11.9 Å². The fourth-order valence-electron chi connectivity index (χ4n) is 3.24. The molecule has 1 N–H and O–H groups in total. The minimum absolute atomic E-state index is 0.189. The highest BCUT2D eigenvalue weighted by Crippen LogP contribution is 2.22. The summed E-state index contributed by atoms with van der Waals surface area (Å²) in [6, 6.07) is 14.7. The third-order valence-electron chi connectivity index (χ3n) is 4.46. The first kappa shape index (κ1) is 19.0. The molecule has 0 aliphatic heterocycles. The minimum Gasteiger partial charge on any atom is -0.384 e. The van der Waals surface area contributed by atoms with Gasteiger partial charge in [0.05, 0.1) is 0 Å². The van der Waals surface area contributed by atoms with E-state index in [9.17, 15) is 4.79 Å². The standard InChI is InChI=1S/C22H30N2O/c1-16(2)24(15-20-9-7-6-8-10-20)21(25)11-12-23-22-18(4)13-17(3)14-19(22)5/h6-10,13-14,16,23H,11-12,15H2,1-5H3. The van der Waals surface area contributed by atoms with E-state index in [1.165, 1.54) is 22.3 Å². The van der Waals surface area contributed by atoms with Crippen molar-refractivity contribution in [3.8, 4) is 0 Å². The number of amides is 1. The van der Waals surface area contributed by atoms with Crippen LogP contribution in [0.15, 0.2) is 42.5 Å². The van der Waals surface area contributed by atoms with E-state index in [0.29, 0.717) is 19.5 Å². The molecule has 2 rings (SSSR count). The average Bonchev–Trinajstić information content (AvgIpc) is 2.55. The number of rotatable bonds is 7. The summed E-state index contributed by atoms with van der Waals surface area (Å²) in [6.45, 7) is 11.8. The molecule has 3 nitrogen and oxygen atoms in total. The van der Waals surface area contributed by atoms with E-state index in [0.717, 1.165) is 5.69 Å². The summed E-state index contributed by atoms with van der Waals surface area (Å²) in [6.07, 6.45) is 0.498. The number of carbonyl (C=O) groups excluding carboxylic acids is 1. The van der Waals surface area contributed by atoms with E-state index in [1.54, 1.807) is 0 Å². The Hall–Kier alpha value is -2.29. The molecule has 0 atom stereocenters. The summed E-state index contributed by atoms with van der Waals surface area (Å²) < 4.78 is 0. The summed E-state index contributed by atoms with van der Waals surface area (Å²) in [5, 5.41) is 3.45. The summed E-state index contributed by atoms with van der Waals surface area (Å²) >= 11 is 0. The van der Waals surface area contributed by atoms with Crippen LogP contribution in [0.5, 0.6) is 0 Å². The molecule has 0 heterocycles. The first-order chi connectivity index (χ1) is 11.9. The van der Waals surface area contributed by atoms with Gasteiger partial charge >= 0.3 is 0 Å². The maximum atomic E-state index is 12.7. The van der Waals surface area contributed by atoms with Crippen molar-refractivity contribution >= 4 is 11.6 Å². The first-order valence-electron chi connectivity index (χ1n) is 9.03. The fourth-order valence-corrected chi connectivity index (χ4v) is 3.24. The molecule has 0 aliphatic rings. The molecule has 0 fully saturated rings. The highest BCUT2D eigenvalue weighted by Gasteiger charge is 2.17. The molecule has 0 unspecified atom stereocenters. The van der Waals surface area contributed by atoms with Gasteiger partial charge in [0.25, 0.3) is 0 Å². The zero-order valence-electron chi connectivity index (χ0n) is 16.1. The van der Waals surface area contributed by atoms with Crippen LogP contribution in [0.4, 0.5) is 5.69 Å². The second-order valence-electron chi connectivity index (χ2n) is 7.05. The predicted molar refractivity (Wildman–Crippen MR) is 106 cm³/mol. The lowest BCUT2D eigenvalue weighted by Crippen LogP contribution is -2.37. The van der Waals surface area contributed by atoms with E-state index >= 15 is 0 Å². The van der Waals surface area contributed by atoms with Crippen LogP contribution < -0.4 is 5.32 Å². The number of nitrogens with one attached hydrogen (secondary N) is 1. The third kappa shape index (κ3) is 5.35. The Morgan fingerprint density at radius 3 is 2.20 bits per heavy atom. The van der Waals surface area contributed by atoms with Gasteiger partial charge in [-0.25, -0.2) is 0 Å². The van der Waals surface area contributed by atoms with Crippen LogP contribution in [-0.2, 0) is 11.3 Å². The molecule has 0 aliphatic carbocycles. The molecular formula is C22H30N2O. The Kier molecular flexibility index (Phi) is 6.63. The molecule has 0 saturated heterocycles. The Labute approximate surface area is 152 Å². The molecule has 1 amide bonds. The Morgan fingerprint density at radius 2 is 1.64 bits per heavy atom. The van der Waals surface area contributed by atoms with Gasteiger partial charge < -0.3 is 10.2 Å². The number of nitrogens with zero attached hydrogens (tertiary/aromatic N) is 1. The van der Waals surface area contributed by atoms with Crippen molar-refractivity contribution in [3.63, 3.8) is 0 Å². The largest absolute Gasteiger partial charge is 0.384 e. The Morgan fingerprint density at radius 1 is 1.04 bits per heavy atom. The lowest BCUT2D eigenvalue weighted by Gasteiger charge is -2.27. The topological polar surface area (TPSA) is 32.3 Å². The van der Waals surface area contributed by atoms with Crippen LogP contribution in [0, 0.1) is 20.8 Å². The predicted octanol–water partition coefficient (Wildman–Crippen LogP) is 4.85. The van der Waals surface area contributed by atoms with Gasteiger partial charge in [0.1, 0.15) is 0 Å². The summed E-state index contributed by atoms with van der Waals surface area (Å²) in [5.74, 6) is 0.189. The SMILES string of the molecule is Cc1cc(C)c(NCCC(=O)N(Cc2ccccc2)C(C)C)c(C)c1. The number of hydrogen-bond donors (Lipinski definition) is 1. The summed E-state index contributed by atoms with van der Waals surface area (Å²) in [5.41, 5.74) is 6.05. The lowest BCUT2D eigenvalue weighted by atomic mass is 10.1. The number of anilines is 1. The van der Waals surface area contributed by atoms with Crippen molar-refractivity contribution in [1.82, 2.24) is 4.90 Å². The quantitative estimate of drug-likeness (QED) is 0.782. The van der Waals surface area contributed by atoms with Gasteiger partial charge in [-0.2, -0.15) is 0 Å². The normalized spacial score (nSPS) is 10.8. The molecule has 25 heavy (non-hydrogen) atoms. The number of hydrogen-bond acceptors (Lipinski definition) is 2. The van der Waals surface area contributed by atoms with Crippen LogP contribution in [0.25, 0.3) is 0 Å². The van der Waals surface area contributed by atoms with Crippen molar-refractivity contribution in [2.45, 2.75) is 53.6 Å². The van der Waals surface area contributed by atoms with Crippen molar-refractivity contribution in [2.24, 2.45) is 0 Å². The van der Waals surface area contributed by atoms with Gasteiger partial charge in [0.15, 0.2) is 0 Å². The lowest BCUT2D eigenvalue weighted by molar-refractivity contribution is -0.133. The van der Waals surface area contributed by atoms with Crippen LogP contribution in [-0.4, -0.2) is 23.4 Å². The number of aryl methyl sites for hydroxylation is 3. The first-order valence-corrected chi connectivity index (χ1v) is 9.03. The Balaban J connectivity index is 1.95. The molecule has 134 valence electrons. The van der Waals surface area contributed by atoms with Crippen LogP contribution >= 0.6 is 0 Å². The maximum Gasteiger partial charge on any atom is 0.224 e. The highest BCUT2D eigenvalue weighted by atomic mass is 16.2. The molecule has 0 spiro atoms. The monoisotopic (exact) mass is 338 g/mol. The van der Waals surface area contributed by atoms with Gasteiger partial charge in [-0.15, -0.1) is 0 Å². The van der Waals surface area contributed by atoms with Crippen molar-refractivity contribution in [3.05, 3.63) is 64.7 Å². The molecule has 0 aromatic heterocycles. The van der Waals surface area contributed by atoms with Gasteiger partial charge in [0.2, 0.25) is 5.91 Å². The van der Waals surface area contributed by atoms with Crippen molar-refractivity contribution in [1.29, 1.82) is 0 Å². The second-order valence-corrected chi connectivity index (χ2v) is 7.05. The fraction of sp³-hybridized carbons (Fsp3) is 0.409. The minimum atomic E-state index is 0.189. The van der Waals surface area contributed by atoms with E-state index in [1.807, 2.05) is 23.1 Å². The summed E-state index contributed by atoms with van der Waals surface area (Å²) in [7, 11) is 0. The smallest absolute Gasteiger partial charge is 0.224 e. The molecule has 2 aromatic rings. The van der Waals surface area contributed by atoms with Gasteiger partial charge in [-0.1, -0.05) is 48.0 Å². The second kappa shape index (κ2) is 8.70. The van der Waals surface area contributed by atoms with Crippen LogP contribution in [0.2, 0.25) is 0 Å². The number of carbonyl (C=O) groups is 1.